The molecule has 0 radical (unpaired) electrons. The number of esters is 1. The van der Waals surface area contributed by atoms with Crippen molar-refractivity contribution in [1.29, 1.82) is 0 Å². The Morgan fingerprint density at radius 2 is 2.29 bits per heavy atom. The zero-order valence-corrected chi connectivity index (χ0v) is 8.92. The van der Waals surface area contributed by atoms with E-state index in [4.69, 9.17) is 0 Å². The third kappa shape index (κ3) is 2.30. The lowest BCUT2D eigenvalue weighted by atomic mass is 10.1. The molecule has 0 amide bonds. The van der Waals surface area contributed by atoms with Gasteiger partial charge in [-0.1, -0.05) is 15.9 Å². The number of methoxy groups -OCH3 is 1. The van der Waals surface area contributed by atoms with Gasteiger partial charge in [0.15, 0.2) is 6.10 Å². The number of aliphatic hydroxyl groups is 1. The van der Waals surface area contributed by atoms with Crippen LogP contribution in [0.25, 0.3) is 0 Å². The molecule has 0 bridgehead atoms. The summed E-state index contributed by atoms with van der Waals surface area (Å²) in [6.07, 6.45) is -1.59. The first-order chi connectivity index (χ1) is 6.56. The highest BCUT2D eigenvalue weighted by molar-refractivity contribution is 9.10. The topological polar surface area (TPSA) is 46.5 Å². The largest absolute Gasteiger partial charge is 0.467 e. The Hall–Kier alpha value is -0.940. The van der Waals surface area contributed by atoms with E-state index >= 15 is 0 Å². The van der Waals surface area contributed by atoms with Gasteiger partial charge in [0.1, 0.15) is 5.82 Å². The molecule has 1 aromatic rings. The molecule has 0 fully saturated rings. The van der Waals surface area contributed by atoms with Gasteiger partial charge in [0.2, 0.25) is 0 Å². The van der Waals surface area contributed by atoms with Crippen molar-refractivity contribution >= 4 is 21.9 Å². The summed E-state index contributed by atoms with van der Waals surface area (Å²) >= 11 is 3.11. The van der Waals surface area contributed by atoms with E-state index in [1.165, 1.54) is 12.1 Å². The molecule has 0 aliphatic heterocycles. The van der Waals surface area contributed by atoms with E-state index in [2.05, 4.69) is 20.7 Å². The first kappa shape index (κ1) is 11.1. The molecule has 1 N–H and O–H groups in total. The molecule has 3 nitrogen and oxygen atoms in total. The minimum absolute atomic E-state index is 0.105. The minimum Gasteiger partial charge on any atom is -0.467 e. The molecular weight excluding hydrogens is 255 g/mol. The Balaban J connectivity index is 3.05. The average molecular weight is 263 g/mol. The summed E-state index contributed by atoms with van der Waals surface area (Å²) in [6.45, 7) is 0. The number of benzene rings is 1. The molecule has 1 atom stereocenters. The maximum atomic E-state index is 13.1. The number of aliphatic hydroxyl groups excluding tert-OH is 1. The van der Waals surface area contributed by atoms with E-state index in [-0.39, 0.29) is 5.56 Å². The van der Waals surface area contributed by atoms with Crippen LogP contribution >= 0.6 is 15.9 Å². The van der Waals surface area contributed by atoms with E-state index in [0.29, 0.717) is 4.47 Å². The van der Waals surface area contributed by atoms with Crippen LogP contribution in [-0.2, 0) is 9.53 Å². The number of rotatable bonds is 2. The second-order valence-corrected chi connectivity index (χ2v) is 3.51. The molecule has 0 heterocycles. The fraction of sp³-hybridized carbons (Fsp3) is 0.222. The van der Waals surface area contributed by atoms with Gasteiger partial charge in [0.25, 0.3) is 0 Å². The highest BCUT2D eigenvalue weighted by atomic mass is 79.9. The van der Waals surface area contributed by atoms with Crippen molar-refractivity contribution in [2.75, 3.05) is 7.11 Å². The van der Waals surface area contributed by atoms with Crippen LogP contribution in [0.1, 0.15) is 11.7 Å². The van der Waals surface area contributed by atoms with Crippen molar-refractivity contribution in [3.05, 3.63) is 34.1 Å². The molecule has 0 aromatic heterocycles. The molecule has 0 unspecified atom stereocenters. The summed E-state index contributed by atoms with van der Waals surface area (Å²) in [6, 6.07) is 3.96. The summed E-state index contributed by atoms with van der Waals surface area (Å²) in [7, 11) is 1.13. The second-order valence-electron chi connectivity index (χ2n) is 2.59. The Morgan fingerprint density at radius 3 is 2.86 bits per heavy atom. The minimum atomic E-state index is -1.59. The van der Waals surface area contributed by atoms with Gasteiger partial charge in [-0.2, -0.15) is 0 Å². The number of hydrogen-bond acceptors (Lipinski definition) is 3. The van der Waals surface area contributed by atoms with Gasteiger partial charge in [-0.15, -0.1) is 0 Å². The fourth-order valence-corrected chi connectivity index (χ4v) is 1.34. The Labute approximate surface area is 88.6 Å². The van der Waals surface area contributed by atoms with Crippen molar-refractivity contribution < 1.29 is 19.0 Å². The van der Waals surface area contributed by atoms with Crippen LogP contribution in [0.5, 0.6) is 0 Å². The van der Waals surface area contributed by atoms with E-state index < -0.39 is 17.9 Å². The number of ether oxygens (including phenoxy) is 1. The zero-order valence-electron chi connectivity index (χ0n) is 7.33. The molecule has 1 rings (SSSR count). The third-order valence-electron chi connectivity index (χ3n) is 1.68. The van der Waals surface area contributed by atoms with Crippen molar-refractivity contribution in [3.63, 3.8) is 0 Å². The lowest BCUT2D eigenvalue weighted by Crippen LogP contribution is -2.14. The fourth-order valence-electron chi connectivity index (χ4n) is 0.963. The van der Waals surface area contributed by atoms with E-state index in [1.807, 2.05) is 0 Å². The average Bonchev–Trinajstić information content (AvgIpc) is 2.19. The van der Waals surface area contributed by atoms with Gasteiger partial charge in [0.05, 0.1) is 7.11 Å². The number of carbonyl (C=O) groups excluding carboxylic acids is 1. The molecule has 14 heavy (non-hydrogen) atoms. The van der Waals surface area contributed by atoms with Crippen LogP contribution in [0.3, 0.4) is 0 Å². The Bertz CT molecular complexity index is 354. The van der Waals surface area contributed by atoms with Gasteiger partial charge in [0, 0.05) is 10.0 Å². The van der Waals surface area contributed by atoms with Gasteiger partial charge >= 0.3 is 5.97 Å². The SMILES string of the molecule is COC(=O)[C@@H](O)c1cc(Br)ccc1F. The summed E-state index contributed by atoms with van der Waals surface area (Å²) < 4.78 is 18.0. The summed E-state index contributed by atoms with van der Waals surface area (Å²) in [5, 5.41) is 9.36. The first-order valence-corrected chi connectivity index (χ1v) is 4.56. The van der Waals surface area contributed by atoms with Crippen LogP contribution in [-0.4, -0.2) is 18.2 Å². The predicted molar refractivity (Wildman–Crippen MR) is 51.1 cm³/mol. The first-order valence-electron chi connectivity index (χ1n) is 3.77. The van der Waals surface area contributed by atoms with Gasteiger partial charge in [-0.05, 0) is 18.2 Å². The highest BCUT2D eigenvalue weighted by Crippen LogP contribution is 2.22. The molecule has 5 heteroatoms. The van der Waals surface area contributed by atoms with Crippen LogP contribution in [0.15, 0.2) is 22.7 Å². The van der Waals surface area contributed by atoms with Crippen LogP contribution in [0, 0.1) is 5.82 Å². The van der Waals surface area contributed by atoms with E-state index in [1.54, 1.807) is 0 Å². The predicted octanol–water partition coefficient (Wildman–Crippen LogP) is 1.79. The van der Waals surface area contributed by atoms with Crippen molar-refractivity contribution in [1.82, 2.24) is 0 Å². The van der Waals surface area contributed by atoms with E-state index in [0.717, 1.165) is 13.2 Å². The van der Waals surface area contributed by atoms with Gasteiger partial charge in [-0.3, -0.25) is 0 Å². The van der Waals surface area contributed by atoms with Crippen LogP contribution < -0.4 is 0 Å². The van der Waals surface area contributed by atoms with Crippen molar-refractivity contribution in [2.45, 2.75) is 6.10 Å². The lowest BCUT2D eigenvalue weighted by molar-refractivity contribution is -0.150. The van der Waals surface area contributed by atoms with Crippen molar-refractivity contribution in [3.8, 4) is 0 Å². The molecule has 0 spiro atoms. The number of carbonyl (C=O) groups is 1. The van der Waals surface area contributed by atoms with E-state index in [9.17, 15) is 14.3 Å². The second kappa shape index (κ2) is 4.52. The third-order valence-corrected chi connectivity index (χ3v) is 2.17. The normalized spacial score (nSPS) is 12.3. The van der Waals surface area contributed by atoms with Crippen LogP contribution in [0.2, 0.25) is 0 Å². The quantitative estimate of drug-likeness (QED) is 0.827. The Morgan fingerprint density at radius 1 is 1.64 bits per heavy atom. The zero-order chi connectivity index (χ0) is 10.7. The maximum Gasteiger partial charge on any atom is 0.339 e. The molecule has 0 aliphatic rings. The monoisotopic (exact) mass is 262 g/mol. The number of hydrogen-bond donors (Lipinski definition) is 1. The molecule has 1 aromatic carbocycles. The van der Waals surface area contributed by atoms with Crippen molar-refractivity contribution in [2.24, 2.45) is 0 Å². The smallest absolute Gasteiger partial charge is 0.339 e. The summed E-state index contributed by atoms with van der Waals surface area (Å²) in [4.78, 5) is 10.9. The molecule has 0 saturated heterocycles. The lowest BCUT2D eigenvalue weighted by Gasteiger charge is -2.09. The highest BCUT2D eigenvalue weighted by Gasteiger charge is 2.21. The molecule has 0 saturated carbocycles. The summed E-state index contributed by atoms with van der Waals surface area (Å²) in [5.41, 5.74) is -0.105. The number of halogens is 2. The maximum absolute atomic E-state index is 13.1. The van der Waals surface area contributed by atoms with Crippen LogP contribution in [0.4, 0.5) is 4.39 Å². The standard InChI is InChI=1S/C9H8BrFO3/c1-14-9(13)8(12)6-4-5(10)2-3-7(6)11/h2-4,8,12H,1H3/t8-/m0/s1. The molecule has 76 valence electrons. The van der Waals surface area contributed by atoms with Gasteiger partial charge < -0.3 is 9.84 Å². The summed E-state index contributed by atoms with van der Waals surface area (Å²) in [5.74, 6) is -1.53. The molecule has 0 aliphatic carbocycles. The Kier molecular flexibility index (Phi) is 3.60. The van der Waals surface area contributed by atoms with Gasteiger partial charge in [-0.25, -0.2) is 9.18 Å². The molecular formula is C9H8BrFO3.